The zero-order valence-electron chi connectivity index (χ0n) is 22.2. The molecule has 2 N–H and O–H groups in total. The number of H-pyrrole nitrogens is 1. The first-order chi connectivity index (χ1) is 18.4. The number of rotatable bonds is 10. The molecule has 5 rings (SSSR count). The fourth-order valence-electron chi connectivity index (χ4n) is 5.07. The maximum Gasteiger partial charge on any atom is 0.183 e. The molecule has 0 spiro atoms. The molecule has 0 unspecified atom stereocenters. The van der Waals surface area contributed by atoms with Crippen molar-refractivity contribution in [2.75, 3.05) is 27.2 Å². The molecule has 0 aliphatic carbocycles. The van der Waals surface area contributed by atoms with Crippen LogP contribution in [0.4, 0.5) is 0 Å². The molecule has 1 fully saturated rings. The SMILES string of the molecule is CN(C)Cc1ccc(CCCC(=O)c2n[nH]c3ccc(-c4cncc(CN5CCC(O)CC5)c4)cc23)cn1. The summed E-state index contributed by atoms with van der Waals surface area (Å²) in [6.07, 6.45) is 9.15. The van der Waals surface area contributed by atoms with E-state index in [1.165, 1.54) is 0 Å². The Morgan fingerprint density at radius 2 is 1.89 bits per heavy atom. The first-order valence-electron chi connectivity index (χ1n) is 13.4. The van der Waals surface area contributed by atoms with Gasteiger partial charge >= 0.3 is 0 Å². The van der Waals surface area contributed by atoms with Crippen molar-refractivity contribution >= 4 is 16.7 Å². The van der Waals surface area contributed by atoms with E-state index in [1.807, 2.05) is 50.9 Å². The summed E-state index contributed by atoms with van der Waals surface area (Å²) in [7, 11) is 4.06. The smallest absolute Gasteiger partial charge is 0.183 e. The fourth-order valence-corrected chi connectivity index (χ4v) is 5.07. The van der Waals surface area contributed by atoms with Crippen molar-refractivity contribution in [1.29, 1.82) is 0 Å². The van der Waals surface area contributed by atoms with E-state index in [0.717, 1.165) is 90.7 Å². The molecule has 3 aromatic heterocycles. The number of fused-ring (bicyclic) bond motifs is 1. The number of aliphatic hydroxyl groups excluding tert-OH is 1. The number of aryl methyl sites for hydroxylation is 1. The number of Topliss-reactive ketones (excluding diaryl/α,β-unsaturated/α-hetero) is 1. The molecular weight excluding hydrogens is 476 g/mol. The topological polar surface area (TPSA) is 98.2 Å². The third kappa shape index (κ3) is 6.51. The minimum Gasteiger partial charge on any atom is -0.393 e. The number of nitrogens with one attached hydrogen (secondary N) is 1. The van der Waals surface area contributed by atoms with Crippen molar-refractivity contribution < 1.29 is 9.90 Å². The lowest BCUT2D eigenvalue weighted by molar-refractivity contribution is 0.0792. The zero-order valence-corrected chi connectivity index (χ0v) is 22.2. The van der Waals surface area contributed by atoms with Crippen LogP contribution >= 0.6 is 0 Å². The Kier molecular flexibility index (Phi) is 8.22. The highest BCUT2D eigenvalue weighted by molar-refractivity contribution is 6.06. The van der Waals surface area contributed by atoms with Crippen molar-refractivity contribution in [1.82, 2.24) is 30.0 Å². The molecule has 0 radical (unpaired) electrons. The lowest BCUT2D eigenvalue weighted by Crippen LogP contribution is -2.35. The molecule has 1 aliphatic rings. The van der Waals surface area contributed by atoms with Crippen molar-refractivity contribution in [3.8, 4) is 11.1 Å². The van der Waals surface area contributed by atoms with E-state index in [2.05, 4.69) is 48.2 Å². The maximum atomic E-state index is 13.1. The Balaban J connectivity index is 1.24. The van der Waals surface area contributed by atoms with Crippen molar-refractivity contribution in [2.24, 2.45) is 0 Å². The van der Waals surface area contributed by atoms with Gasteiger partial charge in [-0.05, 0) is 80.7 Å². The molecule has 0 saturated carbocycles. The standard InChI is InChI=1S/C30H36N6O2/c1-35(2)20-25-8-6-21(17-32-25)4-3-5-29(38)30-27-15-23(7-9-28(27)33-34-30)24-14-22(16-31-18-24)19-36-12-10-26(37)11-13-36/h6-9,14-18,26,37H,3-5,10-13,19-20H2,1-2H3,(H,33,34). The molecule has 1 aromatic carbocycles. The Hall–Kier alpha value is -3.46. The first-order valence-corrected chi connectivity index (χ1v) is 13.4. The minimum absolute atomic E-state index is 0.0461. The second-order valence-corrected chi connectivity index (χ2v) is 10.6. The molecule has 1 aliphatic heterocycles. The first kappa shape index (κ1) is 26.2. The summed E-state index contributed by atoms with van der Waals surface area (Å²) >= 11 is 0. The van der Waals surface area contributed by atoms with E-state index in [9.17, 15) is 9.90 Å². The number of carbonyl (C=O) groups is 1. The summed E-state index contributed by atoms with van der Waals surface area (Å²) in [5, 5.41) is 18.0. The van der Waals surface area contributed by atoms with Gasteiger partial charge < -0.3 is 10.0 Å². The van der Waals surface area contributed by atoms with E-state index in [-0.39, 0.29) is 11.9 Å². The van der Waals surface area contributed by atoms with Gasteiger partial charge in [-0.15, -0.1) is 0 Å². The molecule has 4 heterocycles. The molecule has 8 heteroatoms. The van der Waals surface area contributed by atoms with Crippen molar-refractivity contribution in [2.45, 2.75) is 51.3 Å². The number of likely N-dealkylation sites (tertiary alicyclic amines) is 1. The van der Waals surface area contributed by atoms with Gasteiger partial charge in [-0.25, -0.2) is 0 Å². The highest BCUT2D eigenvalue weighted by Gasteiger charge is 2.18. The van der Waals surface area contributed by atoms with Crippen LogP contribution in [0.2, 0.25) is 0 Å². The lowest BCUT2D eigenvalue weighted by Gasteiger charge is -2.29. The van der Waals surface area contributed by atoms with Gasteiger partial charge in [0, 0.05) is 62.1 Å². The summed E-state index contributed by atoms with van der Waals surface area (Å²) in [5.74, 6) is 0.0461. The van der Waals surface area contributed by atoms with Crippen LogP contribution in [0.1, 0.15) is 53.0 Å². The number of hydrogen-bond acceptors (Lipinski definition) is 7. The van der Waals surface area contributed by atoms with Gasteiger partial charge in [0.05, 0.1) is 17.3 Å². The molecular formula is C30H36N6O2. The van der Waals surface area contributed by atoms with Crippen LogP contribution in [0.3, 0.4) is 0 Å². The number of nitrogens with zero attached hydrogens (tertiary/aromatic N) is 5. The van der Waals surface area contributed by atoms with Crippen LogP contribution in [-0.4, -0.2) is 74.1 Å². The molecule has 8 nitrogen and oxygen atoms in total. The summed E-state index contributed by atoms with van der Waals surface area (Å²) < 4.78 is 0. The number of piperidine rings is 1. The van der Waals surface area contributed by atoms with Crippen LogP contribution in [-0.2, 0) is 19.5 Å². The highest BCUT2D eigenvalue weighted by atomic mass is 16.3. The largest absolute Gasteiger partial charge is 0.393 e. The third-order valence-electron chi connectivity index (χ3n) is 7.15. The lowest BCUT2D eigenvalue weighted by atomic mass is 10.0. The summed E-state index contributed by atoms with van der Waals surface area (Å²) in [5.41, 5.74) is 6.72. The summed E-state index contributed by atoms with van der Waals surface area (Å²) in [4.78, 5) is 26.6. The number of pyridine rings is 2. The number of aliphatic hydroxyl groups is 1. The van der Waals surface area contributed by atoms with Gasteiger partial charge in [0.15, 0.2) is 5.78 Å². The highest BCUT2D eigenvalue weighted by Crippen LogP contribution is 2.27. The second kappa shape index (κ2) is 11.9. The Bertz CT molecular complexity index is 1370. The van der Waals surface area contributed by atoms with Gasteiger partial charge in [-0.1, -0.05) is 12.1 Å². The minimum atomic E-state index is -0.175. The molecule has 1 saturated heterocycles. The number of carbonyl (C=O) groups excluding carboxylic acids is 1. The summed E-state index contributed by atoms with van der Waals surface area (Å²) in [6, 6.07) is 12.4. The molecule has 0 amide bonds. The van der Waals surface area contributed by atoms with Crippen LogP contribution in [0, 0.1) is 0 Å². The quantitative estimate of drug-likeness (QED) is 0.307. The third-order valence-corrected chi connectivity index (χ3v) is 7.15. The predicted octanol–water partition coefficient (Wildman–Crippen LogP) is 4.24. The van der Waals surface area contributed by atoms with Gasteiger partial charge in [0.2, 0.25) is 0 Å². The van der Waals surface area contributed by atoms with Crippen LogP contribution in [0.5, 0.6) is 0 Å². The van der Waals surface area contributed by atoms with Crippen molar-refractivity contribution in [3.05, 3.63) is 77.5 Å². The zero-order chi connectivity index (χ0) is 26.5. The molecule has 4 aromatic rings. The maximum absolute atomic E-state index is 13.1. The average molecular weight is 513 g/mol. The van der Waals surface area contributed by atoms with E-state index in [4.69, 9.17) is 0 Å². The predicted molar refractivity (Wildman–Crippen MR) is 149 cm³/mol. The number of ketones is 1. The van der Waals surface area contributed by atoms with Gasteiger partial charge in [0.25, 0.3) is 0 Å². The fraction of sp³-hybridized carbons (Fsp3) is 0.400. The van der Waals surface area contributed by atoms with E-state index >= 15 is 0 Å². The average Bonchev–Trinajstić information content (AvgIpc) is 3.34. The van der Waals surface area contributed by atoms with Crippen LogP contribution in [0.25, 0.3) is 22.0 Å². The van der Waals surface area contributed by atoms with Gasteiger partial charge in [-0.3, -0.25) is 24.8 Å². The number of aromatic nitrogens is 4. The van der Waals surface area contributed by atoms with E-state index in [1.54, 1.807) is 0 Å². The molecule has 0 bridgehead atoms. The van der Waals surface area contributed by atoms with Gasteiger partial charge in [-0.2, -0.15) is 5.10 Å². The molecule has 0 atom stereocenters. The van der Waals surface area contributed by atoms with E-state index < -0.39 is 0 Å². The second-order valence-electron chi connectivity index (χ2n) is 10.6. The Morgan fingerprint density at radius 3 is 2.66 bits per heavy atom. The van der Waals surface area contributed by atoms with Crippen molar-refractivity contribution in [3.63, 3.8) is 0 Å². The van der Waals surface area contributed by atoms with E-state index in [0.29, 0.717) is 12.1 Å². The molecule has 198 valence electrons. The number of hydrogen-bond donors (Lipinski definition) is 2. The monoisotopic (exact) mass is 512 g/mol. The Morgan fingerprint density at radius 1 is 1.05 bits per heavy atom. The Labute approximate surface area is 223 Å². The number of benzene rings is 1. The molecule has 38 heavy (non-hydrogen) atoms. The summed E-state index contributed by atoms with van der Waals surface area (Å²) in [6.45, 7) is 3.43. The van der Waals surface area contributed by atoms with Gasteiger partial charge in [0.1, 0.15) is 5.69 Å². The number of aromatic amines is 1. The van der Waals surface area contributed by atoms with Crippen LogP contribution < -0.4 is 0 Å². The van der Waals surface area contributed by atoms with Crippen LogP contribution in [0.15, 0.2) is 55.0 Å². The normalized spacial score (nSPS) is 14.9.